The third-order valence-electron chi connectivity index (χ3n) is 2.86. The van der Waals surface area contributed by atoms with E-state index < -0.39 is 11.9 Å². The van der Waals surface area contributed by atoms with Crippen LogP contribution in [-0.4, -0.2) is 16.7 Å². The second-order valence-electron chi connectivity index (χ2n) is 4.34. The molecule has 1 atom stereocenters. The SMILES string of the molecule is CCOc1cncc(C(O)Cc2ccc(F)cc2Cl)c1. The maximum absolute atomic E-state index is 13.0. The van der Waals surface area contributed by atoms with E-state index in [9.17, 15) is 9.50 Å². The Morgan fingerprint density at radius 1 is 1.35 bits per heavy atom. The van der Waals surface area contributed by atoms with Gasteiger partial charge in [0.25, 0.3) is 0 Å². The van der Waals surface area contributed by atoms with Crippen LogP contribution >= 0.6 is 11.6 Å². The Morgan fingerprint density at radius 3 is 2.85 bits per heavy atom. The molecule has 1 N–H and O–H groups in total. The Labute approximate surface area is 122 Å². The Balaban J connectivity index is 2.15. The van der Waals surface area contributed by atoms with E-state index in [2.05, 4.69) is 4.98 Å². The lowest BCUT2D eigenvalue weighted by Gasteiger charge is -2.13. The number of hydrogen-bond acceptors (Lipinski definition) is 3. The van der Waals surface area contributed by atoms with Crippen molar-refractivity contribution in [3.05, 3.63) is 58.6 Å². The average molecular weight is 296 g/mol. The van der Waals surface area contributed by atoms with E-state index in [1.54, 1.807) is 24.5 Å². The molecule has 0 saturated carbocycles. The summed E-state index contributed by atoms with van der Waals surface area (Å²) in [5.74, 6) is 0.211. The number of hydrogen-bond donors (Lipinski definition) is 1. The van der Waals surface area contributed by atoms with Gasteiger partial charge in [-0.1, -0.05) is 17.7 Å². The zero-order valence-corrected chi connectivity index (χ0v) is 11.8. The molecule has 106 valence electrons. The van der Waals surface area contributed by atoms with Crippen LogP contribution in [-0.2, 0) is 6.42 Å². The van der Waals surface area contributed by atoms with Gasteiger partial charge in [0.2, 0.25) is 0 Å². The molecule has 5 heteroatoms. The standard InChI is InChI=1S/C15H15ClFNO2/c1-2-20-13-5-11(8-18-9-13)15(19)6-10-3-4-12(17)7-14(10)16/h3-5,7-9,15,19H,2,6H2,1H3. The Bertz CT molecular complexity index is 592. The van der Waals surface area contributed by atoms with Crippen LogP contribution in [0.5, 0.6) is 5.75 Å². The van der Waals surface area contributed by atoms with Crippen molar-refractivity contribution in [1.82, 2.24) is 4.98 Å². The summed E-state index contributed by atoms with van der Waals surface area (Å²) in [6.07, 6.45) is 2.68. The minimum absolute atomic E-state index is 0.288. The van der Waals surface area contributed by atoms with Crippen molar-refractivity contribution in [3.8, 4) is 5.75 Å². The van der Waals surface area contributed by atoms with Crippen LogP contribution in [0.1, 0.15) is 24.2 Å². The third-order valence-corrected chi connectivity index (χ3v) is 3.21. The average Bonchev–Trinajstić information content (AvgIpc) is 2.42. The molecule has 1 aromatic carbocycles. The molecule has 3 nitrogen and oxygen atoms in total. The highest BCUT2D eigenvalue weighted by atomic mass is 35.5. The van der Waals surface area contributed by atoms with Gasteiger partial charge < -0.3 is 9.84 Å². The van der Waals surface area contributed by atoms with E-state index in [4.69, 9.17) is 16.3 Å². The fourth-order valence-corrected chi connectivity index (χ4v) is 2.12. The fourth-order valence-electron chi connectivity index (χ4n) is 1.88. The van der Waals surface area contributed by atoms with Gasteiger partial charge in [-0.15, -0.1) is 0 Å². The van der Waals surface area contributed by atoms with E-state index >= 15 is 0 Å². The minimum Gasteiger partial charge on any atom is -0.492 e. The maximum Gasteiger partial charge on any atom is 0.137 e. The number of ether oxygens (including phenoxy) is 1. The summed E-state index contributed by atoms with van der Waals surface area (Å²) in [6, 6.07) is 5.86. The lowest BCUT2D eigenvalue weighted by Crippen LogP contribution is -2.04. The van der Waals surface area contributed by atoms with Crippen LogP contribution in [0, 0.1) is 5.82 Å². The van der Waals surface area contributed by atoms with Gasteiger partial charge in [-0.05, 0) is 30.7 Å². The number of nitrogens with zero attached hydrogens (tertiary/aromatic N) is 1. The first-order valence-corrected chi connectivity index (χ1v) is 6.67. The minimum atomic E-state index is -0.772. The maximum atomic E-state index is 13.0. The fraction of sp³-hybridized carbons (Fsp3) is 0.267. The number of halogens is 2. The van der Waals surface area contributed by atoms with E-state index in [1.165, 1.54) is 12.1 Å². The molecule has 0 radical (unpaired) electrons. The van der Waals surface area contributed by atoms with Crippen LogP contribution in [0.4, 0.5) is 4.39 Å². The number of aromatic nitrogens is 1. The summed E-state index contributed by atoms with van der Waals surface area (Å²) < 4.78 is 18.3. The van der Waals surface area contributed by atoms with Gasteiger partial charge >= 0.3 is 0 Å². The number of aliphatic hydroxyl groups is 1. The van der Waals surface area contributed by atoms with Crippen LogP contribution in [0.15, 0.2) is 36.7 Å². The topological polar surface area (TPSA) is 42.4 Å². The van der Waals surface area contributed by atoms with Crippen LogP contribution in [0.25, 0.3) is 0 Å². The smallest absolute Gasteiger partial charge is 0.137 e. The molecule has 1 aromatic heterocycles. The number of benzene rings is 1. The van der Waals surface area contributed by atoms with Gasteiger partial charge in [0.1, 0.15) is 11.6 Å². The van der Waals surface area contributed by atoms with Crippen molar-refractivity contribution in [2.24, 2.45) is 0 Å². The summed E-state index contributed by atoms with van der Waals surface area (Å²) in [6.45, 7) is 2.41. The summed E-state index contributed by atoms with van der Waals surface area (Å²) >= 11 is 5.95. The lowest BCUT2D eigenvalue weighted by molar-refractivity contribution is 0.177. The highest BCUT2D eigenvalue weighted by Gasteiger charge is 2.12. The Kier molecular flexibility index (Phi) is 4.93. The highest BCUT2D eigenvalue weighted by Crippen LogP contribution is 2.25. The van der Waals surface area contributed by atoms with E-state index in [-0.39, 0.29) is 6.42 Å². The quantitative estimate of drug-likeness (QED) is 0.917. The molecule has 0 saturated heterocycles. The van der Waals surface area contributed by atoms with E-state index in [1.807, 2.05) is 6.92 Å². The van der Waals surface area contributed by atoms with Crippen LogP contribution in [0.2, 0.25) is 5.02 Å². The molecule has 1 heterocycles. The molecule has 1 unspecified atom stereocenters. The number of aliphatic hydroxyl groups excluding tert-OH is 1. The summed E-state index contributed by atoms with van der Waals surface area (Å²) in [5.41, 5.74) is 1.32. The van der Waals surface area contributed by atoms with Crippen molar-refractivity contribution in [2.75, 3.05) is 6.61 Å². The molecule has 0 fully saturated rings. The largest absolute Gasteiger partial charge is 0.492 e. The molecule has 0 aliphatic carbocycles. The van der Waals surface area contributed by atoms with Gasteiger partial charge in [0, 0.05) is 23.2 Å². The lowest BCUT2D eigenvalue weighted by atomic mass is 10.0. The monoisotopic (exact) mass is 295 g/mol. The van der Waals surface area contributed by atoms with Crippen molar-refractivity contribution in [3.63, 3.8) is 0 Å². The second-order valence-corrected chi connectivity index (χ2v) is 4.75. The highest BCUT2D eigenvalue weighted by molar-refractivity contribution is 6.31. The molecular weight excluding hydrogens is 281 g/mol. The normalized spacial score (nSPS) is 12.2. The molecule has 2 rings (SSSR count). The van der Waals surface area contributed by atoms with Gasteiger partial charge in [-0.25, -0.2) is 4.39 Å². The molecule has 20 heavy (non-hydrogen) atoms. The van der Waals surface area contributed by atoms with Crippen molar-refractivity contribution >= 4 is 11.6 Å². The predicted molar refractivity (Wildman–Crippen MR) is 75.5 cm³/mol. The zero-order chi connectivity index (χ0) is 14.5. The predicted octanol–water partition coefficient (Wildman–Crippen LogP) is 3.55. The second kappa shape index (κ2) is 6.68. The Hall–Kier alpha value is -1.65. The van der Waals surface area contributed by atoms with Gasteiger partial charge in [-0.3, -0.25) is 4.98 Å². The Morgan fingerprint density at radius 2 is 2.15 bits per heavy atom. The first kappa shape index (κ1) is 14.8. The summed E-state index contributed by atoms with van der Waals surface area (Å²) in [4.78, 5) is 4.02. The first-order valence-electron chi connectivity index (χ1n) is 6.30. The van der Waals surface area contributed by atoms with Gasteiger partial charge in [-0.2, -0.15) is 0 Å². The molecular formula is C15H15ClFNO2. The van der Waals surface area contributed by atoms with Crippen LogP contribution in [0.3, 0.4) is 0 Å². The van der Waals surface area contributed by atoms with E-state index in [0.29, 0.717) is 28.5 Å². The molecule has 0 bridgehead atoms. The van der Waals surface area contributed by atoms with Crippen molar-refractivity contribution in [2.45, 2.75) is 19.4 Å². The summed E-state index contributed by atoms with van der Waals surface area (Å²) in [5, 5.41) is 10.5. The molecule has 0 aliphatic heterocycles. The summed E-state index contributed by atoms with van der Waals surface area (Å²) in [7, 11) is 0. The molecule has 0 spiro atoms. The van der Waals surface area contributed by atoms with Crippen molar-refractivity contribution < 1.29 is 14.2 Å². The van der Waals surface area contributed by atoms with Crippen LogP contribution < -0.4 is 4.74 Å². The molecule has 0 aliphatic rings. The van der Waals surface area contributed by atoms with Crippen molar-refractivity contribution in [1.29, 1.82) is 0 Å². The molecule has 0 amide bonds. The third kappa shape index (κ3) is 3.68. The first-order chi connectivity index (χ1) is 9.60. The number of rotatable bonds is 5. The zero-order valence-electron chi connectivity index (χ0n) is 11.0. The number of pyridine rings is 1. The molecule has 2 aromatic rings. The van der Waals surface area contributed by atoms with E-state index in [0.717, 1.165) is 0 Å². The van der Waals surface area contributed by atoms with Gasteiger partial charge in [0.05, 0.1) is 18.9 Å². The van der Waals surface area contributed by atoms with Gasteiger partial charge in [0.15, 0.2) is 0 Å².